The number of rotatable bonds is 5. The summed E-state index contributed by atoms with van der Waals surface area (Å²) < 4.78 is 36.3. The van der Waals surface area contributed by atoms with E-state index in [9.17, 15) is 13.2 Å². The predicted molar refractivity (Wildman–Crippen MR) is 55.9 cm³/mol. The van der Waals surface area contributed by atoms with Gasteiger partial charge >= 0.3 is 6.18 Å². The van der Waals surface area contributed by atoms with Crippen LogP contribution in [-0.2, 0) is 0 Å². The van der Waals surface area contributed by atoms with Gasteiger partial charge in [0.15, 0.2) is 0 Å². The molecule has 0 bridgehead atoms. The van der Waals surface area contributed by atoms with E-state index in [2.05, 4.69) is 5.32 Å². The maximum atomic E-state index is 12.1. The molecule has 0 radical (unpaired) electrons. The number of halogens is 3. The molecule has 0 aliphatic carbocycles. The molecule has 5 heteroatoms. The van der Waals surface area contributed by atoms with Crippen molar-refractivity contribution in [1.82, 2.24) is 10.2 Å². The minimum absolute atomic E-state index is 0.174. The third-order valence-corrected chi connectivity index (χ3v) is 2.73. The van der Waals surface area contributed by atoms with Crippen LogP contribution in [0.15, 0.2) is 0 Å². The third kappa shape index (κ3) is 5.99. The molecule has 2 nitrogen and oxygen atoms in total. The molecule has 15 heavy (non-hydrogen) atoms. The summed E-state index contributed by atoms with van der Waals surface area (Å²) in [6.07, 6.45) is -4.12. The van der Waals surface area contributed by atoms with Crippen molar-refractivity contribution >= 4 is 0 Å². The van der Waals surface area contributed by atoms with E-state index in [0.717, 1.165) is 0 Å². The molecule has 0 aromatic rings. The Bertz CT molecular complexity index is 190. The molecule has 0 aliphatic rings. The smallest absolute Gasteiger partial charge is 0.317 e. The van der Waals surface area contributed by atoms with Crippen molar-refractivity contribution in [2.75, 3.05) is 27.2 Å². The summed E-state index contributed by atoms with van der Waals surface area (Å²) in [6, 6.07) is 0.174. The van der Waals surface area contributed by atoms with Gasteiger partial charge in [-0.15, -0.1) is 0 Å². The van der Waals surface area contributed by atoms with Gasteiger partial charge in [0.25, 0.3) is 0 Å². The number of hydrogen-bond acceptors (Lipinski definition) is 2. The lowest BCUT2D eigenvalue weighted by atomic mass is 9.85. The highest BCUT2D eigenvalue weighted by Crippen LogP contribution is 2.23. The van der Waals surface area contributed by atoms with Gasteiger partial charge < -0.3 is 5.32 Å². The molecule has 0 spiro atoms. The topological polar surface area (TPSA) is 15.3 Å². The van der Waals surface area contributed by atoms with Gasteiger partial charge in [-0.1, -0.05) is 13.8 Å². The molecule has 92 valence electrons. The van der Waals surface area contributed by atoms with E-state index in [-0.39, 0.29) is 11.5 Å². The summed E-state index contributed by atoms with van der Waals surface area (Å²) in [5.41, 5.74) is -0.186. The molecule has 0 aromatic heterocycles. The van der Waals surface area contributed by atoms with Crippen molar-refractivity contribution in [2.24, 2.45) is 5.41 Å². The molecule has 0 fully saturated rings. The normalized spacial score (nSPS) is 15.8. The van der Waals surface area contributed by atoms with Crippen LogP contribution in [-0.4, -0.2) is 44.3 Å². The van der Waals surface area contributed by atoms with Gasteiger partial charge in [0.2, 0.25) is 0 Å². The van der Waals surface area contributed by atoms with Crippen LogP contribution in [0.1, 0.15) is 20.8 Å². The van der Waals surface area contributed by atoms with Crippen LogP contribution in [0, 0.1) is 5.41 Å². The first-order valence-corrected chi connectivity index (χ1v) is 5.01. The molecular weight excluding hydrogens is 205 g/mol. The van der Waals surface area contributed by atoms with Crippen molar-refractivity contribution in [3.05, 3.63) is 0 Å². The number of hydrogen-bond donors (Lipinski definition) is 1. The first-order valence-electron chi connectivity index (χ1n) is 5.01. The van der Waals surface area contributed by atoms with Crippen molar-refractivity contribution < 1.29 is 13.2 Å². The van der Waals surface area contributed by atoms with Gasteiger partial charge in [0.1, 0.15) is 0 Å². The maximum absolute atomic E-state index is 12.1. The fourth-order valence-electron chi connectivity index (χ4n) is 1.59. The van der Waals surface area contributed by atoms with E-state index in [1.165, 1.54) is 11.9 Å². The zero-order valence-electron chi connectivity index (χ0n) is 10.1. The van der Waals surface area contributed by atoms with Crippen LogP contribution in [0.25, 0.3) is 0 Å². The molecule has 1 N–H and O–H groups in total. The van der Waals surface area contributed by atoms with Gasteiger partial charge in [0, 0.05) is 12.6 Å². The van der Waals surface area contributed by atoms with E-state index in [4.69, 9.17) is 0 Å². The Morgan fingerprint density at radius 2 is 1.67 bits per heavy atom. The minimum atomic E-state index is -4.12. The summed E-state index contributed by atoms with van der Waals surface area (Å²) in [5, 5.41) is 3.07. The van der Waals surface area contributed by atoms with Crippen LogP contribution >= 0.6 is 0 Å². The zero-order chi connectivity index (χ0) is 12.3. The number of nitrogens with one attached hydrogen (secondary N) is 1. The Labute approximate surface area is 89.8 Å². The Hall–Kier alpha value is -0.290. The maximum Gasteiger partial charge on any atom is 0.401 e. The summed E-state index contributed by atoms with van der Waals surface area (Å²) >= 11 is 0. The molecule has 0 heterocycles. The lowest BCUT2D eigenvalue weighted by Crippen LogP contribution is -2.46. The third-order valence-electron chi connectivity index (χ3n) is 2.73. The van der Waals surface area contributed by atoms with Crippen molar-refractivity contribution in [2.45, 2.75) is 33.0 Å². The second-order valence-corrected chi connectivity index (χ2v) is 4.79. The largest absolute Gasteiger partial charge is 0.401 e. The van der Waals surface area contributed by atoms with E-state index in [1.807, 2.05) is 27.8 Å². The molecule has 1 atom stereocenters. The SMILES string of the molecule is CNC(C)C(C)(C)CN(C)CC(F)(F)F. The summed E-state index contributed by atoms with van der Waals surface area (Å²) in [5.74, 6) is 0. The Kier molecular flexibility index (Phi) is 5.06. The second kappa shape index (κ2) is 5.16. The standard InChI is InChI=1S/C10H21F3N2/c1-8(14-4)9(2,3)6-15(5)7-10(11,12)13/h8,14H,6-7H2,1-5H3. The Balaban J connectivity index is 4.21. The van der Waals surface area contributed by atoms with Crippen molar-refractivity contribution in [3.63, 3.8) is 0 Å². The monoisotopic (exact) mass is 226 g/mol. The van der Waals surface area contributed by atoms with E-state index in [1.54, 1.807) is 0 Å². The molecule has 0 rings (SSSR count). The molecule has 1 unspecified atom stereocenters. The molecule has 0 aromatic carbocycles. The van der Waals surface area contributed by atoms with Crippen molar-refractivity contribution in [3.8, 4) is 0 Å². The molecule has 0 saturated carbocycles. The zero-order valence-corrected chi connectivity index (χ0v) is 10.1. The molecule has 0 saturated heterocycles. The highest BCUT2D eigenvalue weighted by molar-refractivity contribution is 4.82. The van der Waals surface area contributed by atoms with E-state index < -0.39 is 12.7 Å². The van der Waals surface area contributed by atoms with Gasteiger partial charge in [-0.3, -0.25) is 4.90 Å². The number of nitrogens with zero attached hydrogens (tertiary/aromatic N) is 1. The Morgan fingerprint density at radius 3 is 2.00 bits per heavy atom. The molecular formula is C10H21F3N2. The van der Waals surface area contributed by atoms with Gasteiger partial charge in [-0.2, -0.15) is 13.2 Å². The van der Waals surface area contributed by atoms with Crippen molar-refractivity contribution in [1.29, 1.82) is 0 Å². The quantitative estimate of drug-likeness (QED) is 0.772. The predicted octanol–water partition coefficient (Wildman–Crippen LogP) is 2.11. The number of alkyl halides is 3. The van der Waals surface area contributed by atoms with Gasteiger partial charge in [0.05, 0.1) is 6.54 Å². The van der Waals surface area contributed by atoms with E-state index >= 15 is 0 Å². The first-order chi connectivity index (χ1) is 6.58. The minimum Gasteiger partial charge on any atom is -0.317 e. The Morgan fingerprint density at radius 1 is 1.20 bits per heavy atom. The second-order valence-electron chi connectivity index (χ2n) is 4.79. The average Bonchev–Trinajstić information content (AvgIpc) is 1.97. The van der Waals surface area contributed by atoms with Crippen LogP contribution in [0.2, 0.25) is 0 Å². The van der Waals surface area contributed by atoms with Crippen LogP contribution in [0.3, 0.4) is 0 Å². The average molecular weight is 226 g/mol. The van der Waals surface area contributed by atoms with Gasteiger partial charge in [-0.05, 0) is 26.4 Å². The highest BCUT2D eigenvalue weighted by Gasteiger charge is 2.33. The lowest BCUT2D eigenvalue weighted by molar-refractivity contribution is -0.145. The van der Waals surface area contributed by atoms with E-state index in [0.29, 0.717) is 6.54 Å². The summed E-state index contributed by atoms with van der Waals surface area (Å²) in [4.78, 5) is 1.31. The summed E-state index contributed by atoms with van der Waals surface area (Å²) in [7, 11) is 3.31. The highest BCUT2D eigenvalue weighted by atomic mass is 19.4. The van der Waals surface area contributed by atoms with Gasteiger partial charge in [-0.25, -0.2) is 0 Å². The first kappa shape index (κ1) is 14.7. The fourth-order valence-corrected chi connectivity index (χ4v) is 1.59. The fraction of sp³-hybridized carbons (Fsp3) is 1.00. The molecule has 0 aliphatic heterocycles. The summed E-state index contributed by atoms with van der Waals surface area (Å²) in [6.45, 7) is 5.45. The lowest BCUT2D eigenvalue weighted by Gasteiger charge is -2.35. The van der Waals surface area contributed by atoms with Crippen LogP contribution in [0.5, 0.6) is 0 Å². The van der Waals surface area contributed by atoms with Crippen LogP contribution in [0.4, 0.5) is 13.2 Å². The molecule has 0 amide bonds. The van der Waals surface area contributed by atoms with Crippen LogP contribution < -0.4 is 5.32 Å².